The number of rotatable bonds is 8. The Balaban J connectivity index is 1.22. The summed E-state index contributed by atoms with van der Waals surface area (Å²) in [5.74, 6) is 1.07. The van der Waals surface area contributed by atoms with Crippen molar-refractivity contribution in [2.24, 2.45) is 0 Å². The van der Waals surface area contributed by atoms with Crippen molar-refractivity contribution in [3.8, 4) is 0 Å². The van der Waals surface area contributed by atoms with E-state index in [4.69, 9.17) is 0 Å². The second-order valence-corrected chi connectivity index (χ2v) is 9.23. The Morgan fingerprint density at radius 3 is 2.62 bits per heavy atom. The van der Waals surface area contributed by atoms with E-state index in [1.807, 2.05) is 19.1 Å². The summed E-state index contributed by atoms with van der Waals surface area (Å²) in [7, 11) is 2.06. The minimum Gasteiger partial charge on any atom is -0.352 e. The molecule has 0 bridgehead atoms. The molecule has 2 aliphatic heterocycles. The Hall–Kier alpha value is -2.51. The van der Waals surface area contributed by atoms with E-state index in [-0.39, 0.29) is 18.0 Å². The molecule has 2 atom stereocenters. The lowest BCUT2D eigenvalue weighted by Gasteiger charge is -2.35. The van der Waals surface area contributed by atoms with E-state index in [0.29, 0.717) is 6.04 Å². The van der Waals surface area contributed by atoms with Crippen molar-refractivity contribution in [2.45, 2.75) is 57.3 Å². The Morgan fingerprint density at radius 2 is 1.91 bits per heavy atom. The van der Waals surface area contributed by atoms with Crippen molar-refractivity contribution in [1.82, 2.24) is 25.3 Å². The van der Waals surface area contributed by atoms with Gasteiger partial charge in [0, 0.05) is 51.0 Å². The molecule has 1 amide bonds. The van der Waals surface area contributed by atoms with Crippen molar-refractivity contribution in [3.05, 3.63) is 54.2 Å². The molecule has 0 spiro atoms. The van der Waals surface area contributed by atoms with Crippen LogP contribution >= 0.6 is 0 Å². The summed E-state index contributed by atoms with van der Waals surface area (Å²) in [6.07, 6.45) is 6.00. The van der Waals surface area contributed by atoms with Gasteiger partial charge < -0.3 is 10.2 Å². The molecular formula is C25H36N6O. The predicted octanol–water partition coefficient (Wildman–Crippen LogP) is 2.55. The zero-order chi connectivity index (χ0) is 22.3. The van der Waals surface area contributed by atoms with Gasteiger partial charge >= 0.3 is 0 Å². The van der Waals surface area contributed by atoms with Gasteiger partial charge in [0.25, 0.3) is 0 Å². The van der Waals surface area contributed by atoms with Crippen LogP contribution in [-0.2, 0) is 11.3 Å². The Kier molecular flexibility index (Phi) is 7.71. The molecule has 2 aliphatic rings. The quantitative estimate of drug-likeness (QED) is 0.686. The second-order valence-electron chi connectivity index (χ2n) is 9.23. The standard InChI is InChI=1S/C25H36N6O/c1-20(29(2)19-23-10-7-15-31(23)24-11-6-14-26-28-24)25(32)27-22-12-16-30(17-13-22)18-21-8-4-3-5-9-21/h3-6,8-9,11,14,20,22-23H,7,10,12-13,15-19H2,1-2H3,(H,27,32). The highest BCUT2D eigenvalue weighted by atomic mass is 16.2. The molecule has 172 valence electrons. The molecule has 0 aliphatic carbocycles. The van der Waals surface area contributed by atoms with Gasteiger partial charge in [0.1, 0.15) is 0 Å². The average molecular weight is 437 g/mol. The number of hydrogen-bond acceptors (Lipinski definition) is 6. The van der Waals surface area contributed by atoms with Crippen molar-refractivity contribution in [1.29, 1.82) is 0 Å². The largest absolute Gasteiger partial charge is 0.352 e. The fourth-order valence-corrected chi connectivity index (χ4v) is 4.86. The summed E-state index contributed by atoms with van der Waals surface area (Å²) in [6.45, 7) is 6.91. The Bertz CT molecular complexity index is 840. The third-order valence-corrected chi connectivity index (χ3v) is 6.95. The number of carbonyl (C=O) groups excluding carboxylic acids is 1. The topological polar surface area (TPSA) is 64.6 Å². The molecule has 2 unspecified atom stereocenters. The van der Waals surface area contributed by atoms with E-state index in [2.05, 4.69) is 67.6 Å². The van der Waals surface area contributed by atoms with Crippen molar-refractivity contribution >= 4 is 11.7 Å². The van der Waals surface area contributed by atoms with Gasteiger partial charge in [0.15, 0.2) is 5.82 Å². The minimum atomic E-state index is -0.151. The van der Waals surface area contributed by atoms with E-state index in [9.17, 15) is 4.79 Å². The highest BCUT2D eigenvalue weighted by molar-refractivity contribution is 5.81. The lowest BCUT2D eigenvalue weighted by atomic mass is 10.0. The van der Waals surface area contributed by atoms with E-state index in [0.717, 1.165) is 64.2 Å². The van der Waals surface area contributed by atoms with E-state index in [1.54, 1.807) is 6.20 Å². The summed E-state index contributed by atoms with van der Waals surface area (Å²) < 4.78 is 0. The van der Waals surface area contributed by atoms with Crippen molar-refractivity contribution < 1.29 is 4.79 Å². The molecule has 0 radical (unpaired) electrons. The van der Waals surface area contributed by atoms with Crippen molar-refractivity contribution in [2.75, 3.05) is 38.1 Å². The van der Waals surface area contributed by atoms with Gasteiger partial charge in [-0.05, 0) is 57.4 Å². The van der Waals surface area contributed by atoms with Crippen LogP contribution in [-0.4, -0.2) is 77.3 Å². The van der Waals surface area contributed by atoms with Crippen LogP contribution in [0.25, 0.3) is 0 Å². The number of carbonyl (C=O) groups is 1. The van der Waals surface area contributed by atoms with Crippen LogP contribution in [0.5, 0.6) is 0 Å². The lowest BCUT2D eigenvalue weighted by Crippen LogP contribution is -2.52. The molecular weight excluding hydrogens is 400 g/mol. The van der Waals surface area contributed by atoms with Gasteiger partial charge in [-0.1, -0.05) is 30.3 Å². The van der Waals surface area contributed by atoms with Crippen LogP contribution in [0, 0.1) is 0 Å². The van der Waals surface area contributed by atoms with E-state index >= 15 is 0 Å². The molecule has 2 saturated heterocycles. The Labute approximate surface area is 191 Å². The fraction of sp³-hybridized carbons (Fsp3) is 0.560. The molecule has 0 saturated carbocycles. The number of hydrogen-bond donors (Lipinski definition) is 1. The fourth-order valence-electron chi connectivity index (χ4n) is 4.86. The first-order chi connectivity index (χ1) is 15.6. The zero-order valence-electron chi connectivity index (χ0n) is 19.4. The van der Waals surface area contributed by atoms with Crippen LogP contribution in [0.1, 0.15) is 38.2 Å². The molecule has 7 nitrogen and oxygen atoms in total. The summed E-state index contributed by atoms with van der Waals surface area (Å²) >= 11 is 0. The number of nitrogens with zero attached hydrogens (tertiary/aromatic N) is 5. The summed E-state index contributed by atoms with van der Waals surface area (Å²) in [6, 6.07) is 15.1. The van der Waals surface area contributed by atoms with Gasteiger partial charge in [-0.25, -0.2) is 0 Å². The van der Waals surface area contributed by atoms with Crippen LogP contribution < -0.4 is 10.2 Å². The number of anilines is 1. The van der Waals surface area contributed by atoms with Gasteiger partial charge in [-0.3, -0.25) is 14.6 Å². The van der Waals surface area contributed by atoms with Crippen LogP contribution in [0.15, 0.2) is 48.7 Å². The number of aromatic nitrogens is 2. The number of likely N-dealkylation sites (N-methyl/N-ethyl adjacent to an activating group) is 1. The maximum Gasteiger partial charge on any atom is 0.237 e. The first-order valence-electron chi connectivity index (χ1n) is 11.9. The van der Waals surface area contributed by atoms with Crippen LogP contribution in [0.3, 0.4) is 0 Å². The average Bonchev–Trinajstić information content (AvgIpc) is 3.29. The number of likely N-dealkylation sites (tertiary alicyclic amines) is 1. The number of nitrogens with one attached hydrogen (secondary N) is 1. The molecule has 1 N–H and O–H groups in total. The Morgan fingerprint density at radius 1 is 1.12 bits per heavy atom. The number of amides is 1. The molecule has 7 heteroatoms. The highest BCUT2D eigenvalue weighted by Crippen LogP contribution is 2.24. The van der Waals surface area contributed by atoms with Crippen LogP contribution in [0.4, 0.5) is 5.82 Å². The third-order valence-electron chi connectivity index (χ3n) is 6.95. The van der Waals surface area contributed by atoms with Gasteiger partial charge in [0.2, 0.25) is 5.91 Å². The maximum absolute atomic E-state index is 12.9. The van der Waals surface area contributed by atoms with E-state index in [1.165, 1.54) is 5.56 Å². The van der Waals surface area contributed by atoms with Gasteiger partial charge in [0.05, 0.1) is 6.04 Å². The minimum absolute atomic E-state index is 0.137. The molecule has 2 fully saturated rings. The lowest BCUT2D eigenvalue weighted by molar-refractivity contribution is -0.126. The van der Waals surface area contributed by atoms with Gasteiger partial charge in [-0.2, -0.15) is 5.10 Å². The molecule has 3 heterocycles. The summed E-state index contributed by atoms with van der Waals surface area (Å²) in [5.41, 5.74) is 1.35. The monoisotopic (exact) mass is 436 g/mol. The molecule has 4 rings (SSSR count). The van der Waals surface area contributed by atoms with Crippen LogP contribution in [0.2, 0.25) is 0 Å². The SMILES string of the molecule is CC(C(=O)NC1CCN(Cc2ccccc2)CC1)N(C)CC1CCCN1c1cccnn1. The highest BCUT2D eigenvalue weighted by Gasteiger charge is 2.30. The maximum atomic E-state index is 12.9. The summed E-state index contributed by atoms with van der Waals surface area (Å²) in [5, 5.41) is 11.6. The summed E-state index contributed by atoms with van der Waals surface area (Å²) in [4.78, 5) is 19.9. The molecule has 1 aromatic carbocycles. The van der Waals surface area contributed by atoms with E-state index < -0.39 is 0 Å². The van der Waals surface area contributed by atoms with Gasteiger partial charge in [-0.15, -0.1) is 5.10 Å². The molecule has 2 aromatic rings. The first kappa shape index (κ1) is 22.7. The zero-order valence-corrected chi connectivity index (χ0v) is 19.4. The van der Waals surface area contributed by atoms with Crippen molar-refractivity contribution in [3.63, 3.8) is 0 Å². The molecule has 1 aromatic heterocycles. The normalized spacial score (nSPS) is 21.1. The first-order valence-corrected chi connectivity index (χ1v) is 11.9. The smallest absolute Gasteiger partial charge is 0.237 e. The second kappa shape index (κ2) is 10.9. The predicted molar refractivity (Wildman–Crippen MR) is 127 cm³/mol. The number of piperidine rings is 1. The molecule has 32 heavy (non-hydrogen) atoms. The third kappa shape index (κ3) is 5.84. The number of benzene rings is 1.